The lowest BCUT2D eigenvalue weighted by molar-refractivity contribution is -0.116. The third-order valence-electron chi connectivity index (χ3n) is 5.57. The topological polar surface area (TPSA) is 64.6 Å². The van der Waals surface area contributed by atoms with E-state index in [-0.39, 0.29) is 12.5 Å². The van der Waals surface area contributed by atoms with Crippen molar-refractivity contribution < 1.29 is 19.1 Å². The van der Waals surface area contributed by atoms with Crippen molar-refractivity contribution in [1.29, 1.82) is 0 Å². The van der Waals surface area contributed by atoms with Crippen LogP contribution >= 0.6 is 11.3 Å². The summed E-state index contributed by atoms with van der Waals surface area (Å²) < 4.78 is 11.1. The zero-order valence-corrected chi connectivity index (χ0v) is 21.4. The van der Waals surface area contributed by atoms with Crippen molar-refractivity contribution >= 4 is 28.2 Å². The van der Waals surface area contributed by atoms with Gasteiger partial charge in [-0.3, -0.25) is 4.79 Å². The first kappa shape index (κ1) is 25.5. The van der Waals surface area contributed by atoms with Crippen molar-refractivity contribution in [3.05, 3.63) is 70.1 Å². The number of thiophene rings is 1. The van der Waals surface area contributed by atoms with E-state index >= 15 is 0 Å². The van der Waals surface area contributed by atoms with E-state index in [0.29, 0.717) is 35.9 Å². The van der Waals surface area contributed by atoms with Gasteiger partial charge in [0.2, 0.25) is 5.91 Å². The van der Waals surface area contributed by atoms with Gasteiger partial charge in [-0.2, -0.15) is 0 Å². The average molecular weight is 480 g/mol. The molecule has 2 aromatic carbocycles. The van der Waals surface area contributed by atoms with E-state index in [9.17, 15) is 9.59 Å². The van der Waals surface area contributed by atoms with Crippen LogP contribution in [0.25, 0.3) is 11.1 Å². The van der Waals surface area contributed by atoms with Gasteiger partial charge in [-0.1, -0.05) is 49.7 Å². The van der Waals surface area contributed by atoms with E-state index in [4.69, 9.17) is 9.47 Å². The predicted octanol–water partition coefficient (Wildman–Crippen LogP) is 7.13. The molecule has 5 nitrogen and oxygen atoms in total. The van der Waals surface area contributed by atoms with Gasteiger partial charge in [0, 0.05) is 17.4 Å². The van der Waals surface area contributed by atoms with Gasteiger partial charge in [0.05, 0.1) is 13.2 Å². The van der Waals surface area contributed by atoms with Crippen LogP contribution in [0.1, 0.15) is 66.6 Å². The van der Waals surface area contributed by atoms with Gasteiger partial charge in [-0.15, -0.1) is 11.3 Å². The lowest BCUT2D eigenvalue weighted by Crippen LogP contribution is -2.15. The minimum Gasteiger partial charge on any atom is -0.494 e. The Kier molecular flexibility index (Phi) is 8.88. The maximum atomic E-state index is 12.7. The highest BCUT2D eigenvalue weighted by atomic mass is 32.1. The fraction of sp³-hybridized carbons (Fsp3) is 0.357. The van der Waals surface area contributed by atoms with Gasteiger partial charge < -0.3 is 14.8 Å². The molecule has 0 aliphatic carbocycles. The summed E-state index contributed by atoms with van der Waals surface area (Å²) >= 11 is 1.33. The quantitative estimate of drug-likeness (QED) is 0.248. The minimum absolute atomic E-state index is 0.155. The molecule has 1 aromatic heterocycles. The number of rotatable bonds is 10. The molecule has 0 atom stereocenters. The molecule has 1 heterocycles. The van der Waals surface area contributed by atoms with Crippen LogP contribution in [0, 0.1) is 13.8 Å². The van der Waals surface area contributed by atoms with Crippen LogP contribution in [0.2, 0.25) is 0 Å². The second kappa shape index (κ2) is 11.8. The number of benzene rings is 2. The fourth-order valence-electron chi connectivity index (χ4n) is 3.80. The fourth-order valence-corrected chi connectivity index (χ4v) is 4.77. The van der Waals surface area contributed by atoms with E-state index < -0.39 is 5.97 Å². The highest BCUT2D eigenvalue weighted by Gasteiger charge is 2.22. The van der Waals surface area contributed by atoms with Crippen LogP contribution in [-0.2, 0) is 9.53 Å². The summed E-state index contributed by atoms with van der Waals surface area (Å²) in [7, 11) is 0. The lowest BCUT2D eigenvalue weighted by Gasteiger charge is -2.12. The Balaban J connectivity index is 1.61. The van der Waals surface area contributed by atoms with E-state index in [1.165, 1.54) is 22.5 Å². The first-order chi connectivity index (χ1) is 16.3. The number of carbonyl (C=O) groups excluding carboxylic acids is 2. The molecule has 3 aromatic rings. The summed E-state index contributed by atoms with van der Waals surface area (Å²) in [5.74, 6) is 0.699. The molecule has 0 fully saturated rings. The highest BCUT2D eigenvalue weighted by molar-refractivity contribution is 7.15. The summed E-state index contributed by atoms with van der Waals surface area (Å²) in [6.45, 7) is 10.9. The largest absolute Gasteiger partial charge is 0.494 e. The van der Waals surface area contributed by atoms with Crippen molar-refractivity contribution in [2.45, 2.75) is 53.4 Å². The normalized spacial score (nSPS) is 10.9. The molecule has 0 aliphatic heterocycles. The first-order valence-electron chi connectivity index (χ1n) is 11.7. The number of amides is 1. The number of anilines is 1. The SMILES string of the molecule is CCOC(=O)c1c(-c2ccc(C)cc2)csc1NC(=O)CCCOc1ccc(C(C)C)c(C)c1. The van der Waals surface area contributed by atoms with Gasteiger partial charge in [0.15, 0.2) is 0 Å². The van der Waals surface area contributed by atoms with E-state index in [1.54, 1.807) is 6.92 Å². The molecule has 1 amide bonds. The van der Waals surface area contributed by atoms with Crippen molar-refractivity contribution in [2.24, 2.45) is 0 Å². The first-order valence-corrected chi connectivity index (χ1v) is 12.6. The molecule has 0 unspecified atom stereocenters. The zero-order valence-electron chi connectivity index (χ0n) is 20.6. The van der Waals surface area contributed by atoms with Crippen molar-refractivity contribution in [1.82, 2.24) is 0 Å². The van der Waals surface area contributed by atoms with Crippen molar-refractivity contribution in [3.63, 3.8) is 0 Å². The van der Waals surface area contributed by atoms with Crippen LogP contribution in [0.4, 0.5) is 5.00 Å². The number of hydrogen-bond donors (Lipinski definition) is 1. The number of hydrogen-bond acceptors (Lipinski definition) is 5. The molecule has 34 heavy (non-hydrogen) atoms. The van der Waals surface area contributed by atoms with E-state index in [0.717, 1.165) is 22.4 Å². The van der Waals surface area contributed by atoms with Gasteiger partial charge in [-0.05, 0) is 61.9 Å². The van der Waals surface area contributed by atoms with Gasteiger partial charge in [0.1, 0.15) is 16.3 Å². The Morgan fingerprint density at radius 3 is 2.44 bits per heavy atom. The molecule has 180 valence electrons. The molecule has 0 aliphatic rings. The molecular weight excluding hydrogens is 446 g/mol. The Morgan fingerprint density at radius 1 is 1.06 bits per heavy atom. The van der Waals surface area contributed by atoms with E-state index in [2.05, 4.69) is 32.2 Å². The number of carbonyl (C=O) groups is 2. The Hall–Kier alpha value is -3.12. The maximum absolute atomic E-state index is 12.7. The average Bonchev–Trinajstić information content (AvgIpc) is 3.20. The standard InChI is InChI=1S/C28H33NO4S/c1-6-32-28(31)26-24(21-11-9-19(4)10-12-21)17-34-27(26)29-25(30)8-7-15-33-22-13-14-23(18(2)3)20(5)16-22/h9-14,16-18H,6-8,15H2,1-5H3,(H,29,30). The molecule has 0 saturated carbocycles. The lowest BCUT2D eigenvalue weighted by atomic mass is 9.98. The Morgan fingerprint density at radius 2 is 1.79 bits per heavy atom. The number of aryl methyl sites for hydroxylation is 2. The molecule has 0 radical (unpaired) electrons. The monoisotopic (exact) mass is 479 g/mol. The van der Waals surface area contributed by atoms with Crippen LogP contribution in [0.15, 0.2) is 47.8 Å². The van der Waals surface area contributed by atoms with Crippen molar-refractivity contribution in [2.75, 3.05) is 18.5 Å². The van der Waals surface area contributed by atoms with E-state index in [1.807, 2.05) is 48.7 Å². The Bertz CT molecular complexity index is 1130. The van der Waals surface area contributed by atoms with Crippen LogP contribution in [0.5, 0.6) is 5.75 Å². The minimum atomic E-state index is -0.432. The molecule has 3 rings (SSSR count). The summed E-state index contributed by atoms with van der Waals surface area (Å²) in [4.78, 5) is 25.3. The third-order valence-corrected chi connectivity index (χ3v) is 6.46. The van der Waals surface area contributed by atoms with Crippen LogP contribution in [-0.4, -0.2) is 25.1 Å². The number of nitrogens with one attached hydrogen (secondary N) is 1. The maximum Gasteiger partial charge on any atom is 0.341 e. The van der Waals surface area contributed by atoms with Gasteiger partial charge in [-0.25, -0.2) is 4.79 Å². The van der Waals surface area contributed by atoms with Gasteiger partial charge >= 0.3 is 5.97 Å². The van der Waals surface area contributed by atoms with Crippen LogP contribution < -0.4 is 10.1 Å². The van der Waals surface area contributed by atoms with Gasteiger partial charge in [0.25, 0.3) is 0 Å². The highest BCUT2D eigenvalue weighted by Crippen LogP contribution is 2.36. The molecule has 0 bridgehead atoms. The number of esters is 1. The van der Waals surface area contributed by atoms with Crippen LogP contribution in [0.3, 0.4) is 0 Å². The Labute approximate surface area is 206 Å². The summed E-state index contributed by atoms with van der Waals surface area (Å²) in [6.07, 6.45) is 0.866. The molecule has 6 heteroatoms. The molecule has 0 saturated heterocycles. The second-order valence-electron chi connectivity index (χ2n) is 8.61. The molecule has 1 N–H and O–H groups in total. The summed E-state index contributed by atoms with van der Waals surface area (Å²) in [5, 5.41) is 5.30. The predicted molar refractivity (Wildman–Crippen MR) is 139 cm³/mol. The smallest absolute Gasteiger partial charge is 0.341 e. The number of ether oxygens (including phenoxy) is 2. The summed E-state index contributed by atoms with van der Waals surface area (Å²) in [6, 6.07) is 14.1. The molecular formula is C28H33NO4S. The second-order valence-corrected chi connectivity index (χ2v) is 9.49. The summed E-state index contributed by atoms with van der Waals surface area (Å²) in [5.41, 5.74) is 5.74. The van der Waals surface area contributed by atoms with Crippen molar-refractivity contribution in [3.8, 4) is 16.9 Å². The zero-order chi connectivity index (χ0) is 24.7. The third kappa shape index (κ3) is 6.48. The molecule has 0 spiro atoms.